The second kappa shape index (κ2) is 4.61. The van der Waals surface area contributed by atoms with Gasteiger partial charge in [0.05, 0.1) is 19.3 Å². The molecular formula is C13H23NO5. The van der Waals surface area contributed by atoms with Crippen LogP contribution in [0.3, 0.4) is 0 Å². The summed E-state index contributed by atoms with van der Waals surface area (Å²) < 4.78 is 16.5. The molecule has 0 aliphatic carbocycles. The van der Waals surface area contributed by atoms with Crippen LogP contribution in [0, 0.1) is 0 Å². The fraction of sp³-hybridized carbons (Fsp3) is 0.923. The smallest absolute Gasteiger partial charge is 0.412 e. The van der Waals surface area contributed by atoms with E-state index in [1.165, 1.54) is 0 Å². The first-order chi connectivity index (χ1) is 8.65. The zero-order valence-corrected chi connectivity index (χ0v) is 12.2. The quantitative estimate of drug-likeness (QED) is 0.763. The van der Waals surface area contributed by atoms with Gasteiger partial charge >= 0.3 is 6.09 Å². The summed E-state index contributed by atoms with van der Waals surface area (Å²) in [5.74, 6) is 0. The molecule has 0 spiro atoms. The first kappa shape index (κ1) is 14.6. The number of rotatable bonds is 2. The number of amides is 1. The van der Waals surface area contributed by atoms with Gasteiger partial charge in [0.25, 0.3) is 0 Å². The van der Waals surface area contributed by atoms with Crippen molar-refractivity contribution in [2.75, 3.05) is 13.2 Å². The number of carbonyl (C=O) groups excluding carboxylic acids is 1. The minimum absolute atomic E-state index is 0.0379. The second-order valence-electron chi connectivity index (χ2n) is 6.50. The molecule has 1 N–H and O–H groups in total. The molecule has 0 bridgehead atoms. The van der Waals surface area contributed by atoms with E-state index >= 15 is 0 Å². The van der Waals surface area contributed by atoms with Gasteiger partial charge in [-0.15, -0.1) is 0 Å². The lowest BCUT2D eigenvalue weighted by molar-refractivity contribution is -0.0632. The van der Waals surface area contributed by atoms with E-state index in [4.69, 9.17) is 19.3 Å². The van der Waals surface area contributed by atoms with Gasteiger partial charge in [0.15, 0.2) is 0 Å². The summed E-state index contributed by atoms with van der Waals surface area (Å²) >= 11 is 0. The molecule has 0 aromatic carbocycles. The van der Waals surface area contributed by atoms with Crippen molar-refractivity contribution >= 4 is 6.09 Å². The SMILES string of the molecule is CC(C)(C)OC(=O)N1[C@H]([C@@H]2O[C@H]2CO)COC1(C)C. The Labute approximate surface area is 113 Å². The first-order valence-corrected chi connectivity index (χ1v) is 6.58. The molecule has 110 valence electrons. The molecule has 2 aliphatic heterocycles. The van der Waals surface area contributed by atoms with E-state index in [-0.39, 0.29) is 24.9 Å². The lowest BCUT2D eigenvalue weighted by atomic mass is 10.1. The molecule has 2 fully saturated rings. The predicted octanol–water partition coefficient (Wildman–Crippen LogP) is 1.12. The van der Waals surface area contributed by atoms with E-state index < -0.39 is 17.4 Å². The molecule has 2 aliphatic rings. The fourth-order valence-corrected chi connectivity index (χ4v) is 2.38. The molecule has 1 amide bonds. The topological polar surface area (TPSA) is 71.5 Å². The molecule has 0 aromatic rings. The molecule has 0 saturated carbocycles. The van der Waals surface area contributed by atoms with Gasteiger partial charge in [0, 0.05) is 0 Å². The largest absolute Gasteiger partial charge is 0.444 e. The average molecular weight is 273 g/mol. The molecule has 6 nitrogen and oxygen atoms in total. The molecule has 0 aromatic heterocycles. The number of epoxide rings is 1. The molecule has 0 radical (unpaired) electrons. The maximum atomic E-state index is 12.3. The molecule has 19 heavy (non-hydrogen) atoms. The number of aliphatic hydroxyl groups is 1. The Morgan fingerprint density at radius 2 is 2.11 bits per heavy atom. The molecule has 6 heteroatoms. The van der Waals surface area contributed by atoms with E-state index in [1.807, 2.05) is 34.6 Å². The zero-order chi connectivity index (χ0) is 14.4. The predicted molar refractivity (Wildman–Crippen MR) is 67.6 cm³/mol. The summed E-state index contributed by atoms with van der Waals surface area (Å²) in [6.45, 7) is 9.49. The number of nitrogens with zero attached hydrogens (tertiary/aromatic N) is 1. The highest BCUT2D eigenvalue weighted by atomic mass is 16.6. The van der Waals surface area contributed by atoms with Crippen LogP contribution in [0.25, 0.3) is 0 Å². The summed E-state index contributed by atoms with van der Waals surface area (Å²) in [6, 6.07) is -0.206. The van der Waals surface area contributed by atoms with Crippen molar-refractivity contribution in [2.45, 2.75) is 64.2 Å². The fourth-order valence-electron chi connectivity index (χ4n) is 2.38. The Balaban J connectivity index is 2.11. The Morgan fingerprint density at radius 1 is 1.47 bits per heavy atom. The molecule has 2 heterocycles. The Morgan fingerprint density at radius 3 is 2.58 bits per heavy atom. The zero-order valence-electron chi connectivity index (χ0n) is 12.2. The van der Waals surface area contributed by atoms with Crippen LogP contribution in [0.5, 0.6) is 0 Å². The average Bonchev–Trinajstić information content (AvgIpc) is 2.93. The van der Waals surface area contributed by atoms with Crippen molar-refractivity contribution in [1.82, 2.24) is 4.90 Å². The highest BCUT2D eigenvalue weighted by Gasteiger charge is 2.56. The summed E-state index contributed by atoms with van der Waals surface area (Å²) in [7, 11) is 0. The van der Waals surface area contributed by atoms with E-state index in [0.717, 1.165) is 0 Å². The van der Waals surface area contributed by atoms with Crippen LogP contribution >= 0.6 is 0 Å². The van der Waals surface area contributed by atoms with Crippen LogP contribution in [-0.4, -0.2) is 58.9 Å². The van der Waals surface area contributed by atoms with Gasteiger partial charge in [0.1, 0.15) is 23.5 Å². The number of carbonyl (C=O) groups is 1. The maximum absolute atomic E-state index is 12.3. The minimum Gasteiger partial charge on any atom is -0.444 e. The monoisotopic (exact) mass is 273 g/mol. The molecule has 2 saturated heterocycles. The van der Waals surface area contributed by atoms with E-state index in [2.05, 4.69) is 0 Å². The van der Waals surface area contributed by atoms with Gasteiger partial charge in [-0.1, -0.05) is 0 Å². The van der Waals surface area contributed by atoms with Gasteiger partial charge in [-0.2, -0.15) is 0 Å². The normalized spacial score (nSPS) is 33.4. The van der Waals surface area contributed by atoms with E-state index in [1.54, 1.807) is 4.90 Å². The summed E-state index contributed by atoms with van der Waals surface area (Å²) in [4.78, 5) is 13.9. The van der Waals surface area contributed by atoms with Gasteiger partial charge in [0.2, 0.25) is 0 Å². The van der Waals surface area contributed by atoms with Crippen molar-refractivity contribution in [3.8, 4) is 0 Å². The van der Waals surface area contributed by atoms with Crippen molar-refractivity contribution < 1.29 is 24.1 Å². The Kier molecular flexibility index (Phi) is 3.53. The van der Waals surface area contributed by atoms with E-state index in [9.17, 15) is 4.79 Å². The van der Waals surface area contributed by atoms with Crippen molar-refractivity contribution in [3.63, 3.8) is 0 Å². The van der Waals surface area contributed by atoms with Crippen LogP contribution in [0.15, 0.2) is 0 Å². The third kappa shape index (κ3) is 3.01. The first-order valence-electron chi connectivity index (χ1n) is 6.58. The van der Waals surface area contributed by atoms with Crippen LogP contribution in [0.1, 0.15) is 34.6 Å². The lowest BCUT2D eigenvalue weighted by Gasteiger charge is -2.34. The molecular weight excluding hydrogens is 250 g/mol. The van der Waals surface area contributed by atoms with Crippen molar-refractivity contribution in [3.05, 3.63) is 0 Å². The van der Waals surface area contributed by atoms with Crippen molar-refractivity contribution in [1.29, 1.82) is 0 Å². The Bertz CT molecular complexity index is 363. The highest BCUT2D eigenvalue weighted by Crippen LogP contribution is 2.38. The lowest BCUT2D eigenvalue weighted by Crippen LogP contribution is -2.51. The standard InChI is InChI=1S/C13H23NO5/c1-12(2,3)19-11(16)14-8(7-17-13(14,4)5)10-9(6-15)18-10/h8-10,15H,6-7H2,1-5H3/t8-,9-,10-/m0/s1. The van der Waals surface area contributed by atoms with Crippen LogP contribution in [-0.2, 0) is 14.2 Å². The van der Waals surface area contributed by atoms with Crippen LogP contribution in [0.4, 0.5) is 4.79 Å². The second-order valence-corrected chi connectivity index (χ2v) is 6.50. The summed E-state index contributed by atoms with van der Waals surface area (Å²) in [5.41, 5.74) is -1.28. The van der Waals surface area contributed by atoms with E-state index in [0.29, 0.717) is 6.61 Å². The molecule has 0 unspecified atom stereocenters. The molecule has 3 atom stereocenters. The van der Waals surface area contributed by atoms with Crippen molar-refractivity contribution in [2.24, 2.45) is 0 Å². The Hall–Kier alpha value is -0.850. The minimum atomic E-state index is -0.723. The van der Waals surface area contributed by atoms with Gasteiger partial charge in [-0.05, 0) is 34.6 Å². The third-order valence-electron chi connectivity index (χ3n) is 3.29. The van der Waals surface area contributed by atoms with Gasteiger partial charge in [-0.3, -0.25) is 4.90 Å². The van der Waals surface area contributed by atoms with Crippen LogP contribution in [0.2, 0.25) is 0 Å². The summed E-state index contributed by atoms with van der Waals surface area (Å²) in [6.07, 6.45) is -0.779. The highest BCUT2D eigenvalue weighted by molar-refractivity contribution is 5.70. The number of hydrogen-bond donors (Lipinski definition) is 1. The van der Waals surface area contributed by atoms with Gasteiger partial charge < -0.3 is 19.3 Å². The molecule has 2 rings (SSSR count). The number of ether oxygens (including phenoxy) is 3. The van der Waals surface area contributed by atoms with Crippen LogP contribution < -0.4 is 0 Å². The maximum Gasteiger partial charge on any atom is 0.412 e. The summed E-state index contributed by atoms with van der Waals surface area (Å²) in [5, 5.41) is 9.08. The number of hydrogen-bond acceptors (Lipinski definition) is 5. The number of aliphatic hydroxyl groups excluding tert-OH is 1. The third-order valence-corrected chi connectivity index (χ3v) is 3.29. The van der Waals surface area contributed by atoms with Gasteiger partial charge in [-0.25, -0.2) is 4.79 Å².